The molecule has 3 rings (SSSR count). The third-order valence-corrected chi connectivity index (χ3v) is 6.10. The lowest BCUT2D eigenvalue weighted by atomic mass is 10.1. The van der Waals surface area contributed by atoms with Gasteiger partial charge in [0, 0.05) is 10.3 Å². The van der Waals surface area contributed by atoms with Gasteiger partial charge in [0.15, 0.2) is 18.1 Å². The van der Waals surface area contributed by atoms with Crippen LogP contribution in [0, 0.1) is 6.92 Å². The smallest absolute Gasteiger partial charge is 0.325 e. The van der Waals surface area contributed by atoms with Gasteiger partial charge >= 0.3 is 5.97 Å². The highest BCUT2D eigenvalue weighted by Gasteiger charge is 2.19. The van der Waals surface area contributed by atoms with Crippen LogP contribution in [0.2, 0.25) is 0 Å². The highest BCUT2D eigenvalue weighted by Crippen LogP contribution is 2.38. The zero-order chi connectivity index (χ0) is 23.3. The summed E-state index contributed by atoms with van der Waals surface area (Å²) >= 11 is 1.36. The first-order valence-electron chi connectivity index (χ1n) is 9.64. The number of nitrogens with one attached hydrogen (secondary N) is 1. The summed E-state index contributed by atoms with van der Waals surface area (Å²) in [5.74, 6) is -0.576. The largest absolute Gasteiger partial charge is 0.493 e. The Morgan fingerprint density at radius 2 is 1.62 bits per heavy atom. The Hall–Kier alpha value is -3.59. The number of amides is 1. The zero-order valence-corrected chi connectivity index (χ0v) is 19.0. The van der Waals surface area contributed by atoms with Crippen LogP contribution in [0.4, 0.5) is 0 Å². The predicted octanol–water partition coefficient (Wildman–Crippen LogP) is 3.39. The maximum atomic E-state index is 12.5. The molecule has 8 nitrogen and oxygen atoms in total. The highest BCUT2D eigenvalue weighted by atomic mass is 32.1. The molecular formula is C23H23NO7S. The minimum atomic E-state index is -0.724. The van der Waals surface area contributed by atoms with Crippen LogP contribution in [-0.2, 0) is 9.53 Å². The van der Waals surface area contributed by atoms with Gasteiger partial charge in [0.2, 0.25) is 11.5 Å². The van der Waals surface area contributed by atoms with E-state index in [1.54, 1.807) is 0 Å². The molecule has 1 amide bonds. The molecule has 0 spiro atoms. The standard InChI is InChI=1S/C23H23NO7S/c1-13-15-7-5-6-8-19(15)32-22(13)16(25)12-31-20(26)11-24-23(27)14-9-17(28-2)21(30-4)18(10-14)29-3/h5-10H,11-12H2,1-4H3,(H,24,27). The van der Waals surface area contributed by atoms with Crippen molar-refractivity contribution >= 4 is 39.1 Å². The molecule has 0 aliphatic carbocycles. The number of benzene rings is 2. The van der Waals surface area contributed by atoms with E-state index in [1.165, 1.54) is 44.8 Å². The Bertz CT molecular complexity index is 1140. The molecule has 9 heteroatoms. The Balaban J connectivity index is 1.58. The first kappa shape index (κ1) is 23.1. The topological polar surface area (TPSA) is 100 Å². The molecule has 0 atom stereocenters. The van der Waals surface area contributed by atoms with Crippen molar-refractivity contribution in [1.29, 1.82) is 0 Å². The van der Waals surface area contributed by atoms with Gasteiger partial charge in [-0.05, 0) is 36.1 Å². The van der Waals surface area contributed by atoms with Crippen LogP contribution in [0.5, 0.6) is 17.2 Å². The SMILES string of the molecule is COc1cc(C(=O)NCC(=O)OCC(=O)c2sc3ccccc3c2C)cc(OC)c1OC. The Morgan fingerprint density at radius 3 is 2.22 bits per heavy atom. The average molecular weight is 458 g/mol. The van der Waals surface area contributed by atoms with Crippen molar-refractivity contribution in [3.05, 3.63) is 52.4 Å². The van der Waals surface area contributed by atoms with Gasteiger partial charge in [0.25, 0.3) is 5.91 Å². The molecule has 0 fully saturated rings. The van der Waals surface area contributed by atoms with Gasteiger partial charge in [-0.3, -0.25) is 14.4 Å². The fourth-order valence-corrected chi connectivity index (χ4v) is 4.30. The molecule has 3 aromatic rings. The molecule has 0 bridgehead atoms. The van der Waals surface area contributed by atoms with E-state index in [0.29, 0.717) is 22.1 Å². The van der Waals surface area contributed by atoms with Crippen molar-refractivity contribution in [3.63, 3.8) is 0 Å². The number of hydrogen-bond acceptors (Lipinski definition) is 8. The van der Waals surface area contributed by atoms with Gasteiger partial charge in [0.05, 0.1) is 26.2 Å². The van der Waals surface area contributed by atoms with E-state index in [0.717, 1.165) is 15.6 Å². The van der Waals surface area contributed by atoms with Crippen LogP contribution in [0.3, 0.4) is 0 Å². The molecule has 0 saturated heterocycles. The molecule has 0 aliphatic rings. The second-order valence-electron chi connectivity index (χ2n) is 6.73. The van der Waals surface area contributed by atoms with Crippen molar-refractivity contribution in [3.8, 4) is 17.2 Å². The summed E-state index contributed by atoms with van der Waals surface area (Å²) in [4.78, 5) is 37.6. The van der Waals surface area contributed by atoms with Gasteiger partial charge in [-0.15, -0.1) is 11.3 Å². The Kier molecular flexibility index (Phi) is 7.32. The van der Waals surface area contributed by atoms with Crippen LogP contribution in [-0.4, -0.2) is 52.1 Å². The van der Waals surface area contributed by atoms with Crippen LogP contribution in [0.15, 0.2) is 36.4 Å². The van der Waals surface area contributed by atoms with Gasteiger partial charge in [-0.1, -0.05) is 18.2 Å². The lowest BCUT2D eigenvalue weighted by Gasteiger charge is -2.14. The molecule has 0 saturated carbocycles. The van der Waals surface area contributed by atoms with Gasteiger partial charge in [-0.25, -0.2) is 0 Å². The molecule has 0 aliphatic heterocycles. The number of rotatable bonds is 9. The average Bonchev–Trinajstić information content (AvgIpc) is 3.16. The minimum Gasteiger partial charge on any atom is -0.493 e. The van der Waals surface area contributed by atoms with E-state index in [1.807, 2.05) is 31.2 Å². The first-order chi connectivity index (χ1) is 15.4. The maximum Gasteiger partial charge on any atom is 0.325 e. The number of carbonyl (C=O) groups excluding carboxylic acids is 3. The number of ether oxygens (including phenoxy) is 4. The predicted molar refractivity (Wildman–Crippen MR) is 120 cm³/mol. The third kappa shape index (κ3) is 4.83. The van der Waals surface area contributed by atoms with E-state index >= 15 is 0 Å². The minimum absolute atomic E-state index is 0.212. The molecular weight excluding hydrogens is 434 g/mol. The Morgan fingerprint density at radius 1 is 0.969 bits per heavy atom. The number of carbonyl (C=O) groups is 3. The van der Waals surface area contributed by atoms with Crippen molar-refractivity contribution < 1.29 is 33.3 Å². The van der Waals surface area contributed by atoms with E-state index in [4.69, 9.17) is 18.9 Å². The maximum absolute atomic E-state index is 12.5. The quantitative estimate of drug-likeness (QED) is 0.388. The van der Waals surface area contributed by atoms with Gasteiger partial charge in [0.1, 0.15) is 6.54 Å². The number of esters is 1. The summed E-state index contributed by atoms with van der Waals surface area (Å²) in [6.45, 7) is 1.08. The molecule has 0 unspecified atom stereocenters. The Labute approximate surface area is 189 Å². The number of ketones is 1. The lowest BCUT2D eigenvalue weighted by molar-refractivity contribution is -0.141. The third-order valence-electron chi connectivity index (χ3n) is 4.78. The molecule has 32 heavy (non-hydrogen) atoms. The summed E-state index contributed by atoms with van der Waals surface area (Å²) in [5, 5.41) is 3.47. The number of Topliss-reactive ketones (excluding diaryl/α,β-unsaturated/α-hetero) is 1. The fraction of sp³-hybridized carbons (Fsp3) is 0.261. The first-order valence-corrected chi connectivity index (χ1v) is 10.5. The van der Waals surface area contributed by atoms with Crippen LogP contribution in [0.25, 0.3) is 10.1 Å². The van der Waals surface area contributed by atoms with E-state index in [-0.39, 0.29) is 11.3 Å². The fourth-order valence-electron chi connectivity index (χ4n) is 3.17. The van der Waals surface area contributed by atoms with Crippen LogP contribution >= 0.6 is 11.3 Å². The second kappa shape index (κ2) is 10.1. The van der Waals surface area contributed by atoms with E-state index < -0.39 is 25.0 Å². The number of aryl methyl sites for hydroxylation is 1. The van der Waals surface area contributed by atoms with Crippen molar-refractivity contribution in [2.75, 3.05) is 34.5 Å². The van der Waals surface area contributed by atoms with E-state index in [9.17, 15) is 14.4 Å². The number of fused-ring (bicyclic) bond motifs is 1. The summed E-state index contributed by atoms with van der Waals surface area (Å²) in [6.07, 6.45) is 0. The molecule has 2 aromatic carbocycles. The van der Waals surface area contributed by atoms with Crippen molar-refractivity contribution in [1.82, 2.24) is 5.32 Å². The highest BCUT2D eigenvalue weighted by molar-refractivity contribution is 7.21. The van der Waals surface area contributed by atoms with Crippen molar-refractivity contribution in [2.24, 2.45) is 0 Å². The molecule has 1 heterocycles. The van der Waals surface area contributed by atoms with E-state index in [2.05, 4.69) is 5.32 Å². The van der Waals surface area contributed by atoms with Crippen LogP contribution in [0.1, 0.15) is 25.6 Å². The molecule has 1 aromatic heterocycles. The summed E-state index contributed by atoms with van der Waals surface area (Å²) in [5.41, 5.74) is 1.08. The normalized spacial score (nSPS) is 10.5. The summed E-state index contributed by atoms with van der Waals surface area (Å²) < 4.78 is 21.7. The number of thiophene rings is 1. The monoisotopic (exact) mass is 457 g/mol. The van der Waals surface area contributed by atoms with Gasteiger partial charge < -0.3 is 24.3 Å². The second-order valence-corrected chi connectivity index (χ2v) is 7.79. The van der Waals surface area contributed by atoms with Gasteiger partial charge in [-0.2, -0.15) is 0 Å². The lowest BCUT2D eigenvalue weighted by Crippen LogP contribution is -2.31. The van der Waals surface area contributed by atoms with Crippen LogP contribution < -0.4 is 19.5 Å². The zero-order valence-electron chi connectivity index (χ0n) is 18.1. The van der Waals surface area contributed by atoms with Crippen molar-refractivity contribution in [2.45, 2.75) is 6.92 Å². The molecule has 0 radical (unpaired) electrons. The number of hydrogen-bond donors (Lipinski definition) is 1. The summed E-state index contributed by atoms with van der Waals surface area (Å²) in [6, 6.07) is 10.6. The molecule has 1 N–H and O–H groups in total. The number of methoxy groups -OCH3 is 3. The summed E-state index contributed by atoms with van der Waals surface area (Å²) in [7, 11) is 4.33. The molecule has 168 valence electrons.